The normalized spacial score (nSPS) is 10.5. The molecule has 1 aromatic carbocycles. The van der Waals surface area contributed by atoms with E-state index in [4.69, 9.17) is 9.47 Å². The maximum atomic E-state index is 11.8. The minimum atomic E-state index is -0.0315. The number of halogens is 1. The van der Waals surface area contributed by atoms with Crippen molar-refractivity contribution < 1.29 is 14.3 Å². The van der Waals surface area contributed by atoms with Crippen LogP contribution >= 0.6 is 24.0 Å². The molecule has 26 heavy (non-hydrogen) atoms. The van der Waals surface area contributed by atoms with Gasteiger partial charge in [-0.1, -0.05) is 30.9 Å². The Hall–Kier alpha value is -1.81. The van der Waals surface area contributed by atoms with Crippen LogP contribution in [0.15, 0.2) is 41.9 Å². The molecule has 0 saturated carbocycles. The van der Waals surface area contributed by atoms with E-state index in [0.717, 1.165) is 11.3 Å². The number of carbonyl (C=O) groups excluding carboxylic acids is 1. The van der Waals surface area contributed by atoms with Gasteiger partial charge in [0.1, 0.15) is 12.4 Å². The number of likely N-dealkylation sites (N-methyl/N-ethyl adjacent to an activating group) is 1. The molecule has 0 fully saturated rings. The molecule has 2 N–H and O–H groups in total. The Bertz CT molecular complexity index is 579. The number of hydrogen-bond acceptors (Lipinski definition) is 4. The fourth-order valence-electron chi connectivity index (χ4n) is 1.85. The van der Waals surface area contributed by atoms with Crippen molar-refractivity contribution in [3.8, 4) is 5.75 Å². The number of hydrogen-bond donors (Lipinski definition) is 2. The molecule has 0 bridgehead atoms. The first kappa shape index (κ1) is 24.2. The van der Waals surface area contributed by atoms with Gasteiger partial charge in [0.15, 0.2) is 5.96 Å². The molecule has 0 unspecified atom stereocenters. The number of nitrogens with one attached hydrogen (secondary N) is 2. The lowest BCUT2D eigenvalue weighted by Crippen LogP contribution is -2.43. The van der Waals surface area contributed by atoms with E-state index in [0.29, 0.717) is 32.3 Å². The van der Waals surface area contributed by atoms with E-state index in [1.54, 1.807) is 27.3 Å². The molecule has 1 aromatic rings. The molecular weight excluding hydrogens is 447 g/mol. The molecule has 146 valence electrons. The third-order valence-electron chi connectivity index (χ3n) is 3.24. The summed E-state index contributed by atoms with van der Waals surface area (Å²) in [6.07, 6.45) is 1.70. The summed E-state index contributed by atoms with van der Waals surface area (Å²) in [6.45, 7) is 5.82. The standard InChI is InChI=1S/C18H28N4O3.HI/c1-5-11-25-16-9-7-6-8-15(16)13-20-18(19-10-12-24-4)21-14-17(23)22(2)3;/h5-9H,1,10-14H2,2-4H3,(H2,19,20,21);1H. The van der Waals surface area contributed by atoms with Crippen molar-refractivity contribution in [2.45, 2.75) is 6.54 Å². The predicted molar refractivity (Wildman–Crippen MR) is 115 cm³/mol. The van der Waals surface area contributed by atoms with Gasteiger partial charge in [0.2, 0.25) is 5.91 Å². The van der Waals surface area contributed by atoms with Crippen LogP contribution in [0, 0.1) is 0 Å². The SMILES string of the molecule is C=CCOc1ccccc1CN=C(NCCOC)NCC(=O)N(C)C.I. The van der Waals surface area contributed by atoms with Gasteiger partial charge in [-0.15, -0.1) is 24.0 Å². The molecular formula is C18H29IN4O3. The highest BCUT2D eigenvalue weighted by molar-refractivity contribution is 14.0. The fourth-order valence-corrected chi connectivity index (χ4v) is 1.85. The lowest BCUT2D eigenvalue weighted by Gasteiger charge is -2.15. The maximum absolute atomic E-state index is 11.8. The molecule has 1 amide bonds. The van der Waals surface area contributed by atoms with Crippen LogP contribution in [0.25, 0.3) is 0 Å². The Labute approximate surface area is 172 Å². The first-order valence-corrected chi connectivity index (χ1v) is 8.11. The summed E-state index contributed by atoms with van der Waals surface area (Å²) in [5.74, 6) is 1.29. The first-order valence-electron chi connectivity index (χ1n) is 8.11. The lowest BCUT2D eigenvalue weighted by molar-refractivity contribution is -0.127. The number of para-hydroxylation sites is 1. The smallest absolute Gasteiger partial charge is 0.241 e. The van der Waals surface area contributed by atoms with Crippen LogP contribution in [-0.4, -0.2) is 64.3 Å². The number of amides is 1. The van der Waals surface area contributed by atoms with Gasteiger partial charge in [-0.05, 0) is 6.07 Å². The Morgan fingerprint density at radius 1 is 1.31 bits per heavy atom. The average molecular weight is 476 g/mol. The van der Waals surface area contributed by atoms with Crippen LogP contribution in [-0.2, 0) is 16.1 Å². The van der Waals surface area contributed by atoms with Gasteiger partial charge in [-0.25, -0.2) is 4.99 Å². The number of guanidine groups is 1. The number of carbonyl (C=O) groups is 1. The van der Waals surface area contributed by atoms with Crippen LogP contribution in [0.1, 0.15) is 5.56 Å². The predicted octanol–water partition coefficient (Wildman–Crippen LogP) is 1.64. The van der Waals surface area contributed by atoms with Crippen LogP contribution in [0.4, 0.5) is 0 Å². The van der Waals surface area contributed by atoms with Crippen molar-refractivity contribution >= 4 is 35.8 Å². The summed E-state index contributed by atoms with van der Waals surface area (Å²) in [5.41, 5.74) is 0.955. The molecule has 0 atom stereocenters. The van der Waals surface area contributed by atoms with Crippen LogP contribution in [0.5, 0.6) is 5.75 Å². The van der Waals surface area contributed by atoms with Gasteiger partial charge >= 0.3 is 0 Å². The summed E-state index contributed by atoms with van der Waals surface area (Å²) in [6, 6.07) is 7.71. The zero-order valence-corrected chi connectivity index (χ0v) is 18.0. The van der Waals surface area contributed by atoms with E-state index in [2.05, 4.69) is 22.2 Å². The summed E-state index contributed by atoms with van der Waals surface area (Å²) in [7, 11) is 5.06. The van der Waals surface area contributed by atoms with Gasteiger partial charge < -0.3 is 25.0 Å². The zero-order chi connectivity index (χ0) is 18.5. The van der Waals surface area contributed by atoms with Crippen molar-refractivity contribution in [3.63, 3.8) is 0 Å². The average Bonchev–Trinajstić information content (AvgIpc) is 2.62. The number of methoxy groups -OCH3 is 1. The third-order valence-corrected chi connectivity index (χ3v) is 3.24. The van der Waals surface area contributed by atoms with E-state index < -0.39 is 0 Å². The van der Waals surface area contributed by atoms with Crippen molar-refractivity contribution in [2.75, 3.05) is 47.5 Å². The van der Waals surface area contributed by atoms with Crippen molar-refractivity contribution in [1.29, 1.82) is 0 Å². The first-order chi connectivity index (χ1) is 12.1. The van der Waals surface area contributed by atoms with Crippen LogP contribution in [0.2, 0.25) is 0 Å². The summed E-state index contributed by atoms with van der Waals surface area (Å²) < 4.78 is 10.7. The maximum Gasteiger partial charge on any atom is 0.241 e. The number of rotatable bonds is 10. The molecule has 1 rings (SSSR count). The molecule has 8 heteroatoms. The number of benzene rings is 1. The Kier molecular flexibility index (Phi) is 13.4. The molecule has 0 aromatic heterocycles. The Morgan fingerprint density at radius 2 is 2.04 bits per heavy atom. The minimum Gasteiger partial charge on any atom is -0.489 e. The molecule has 0 aliphatic heterocycles. The minimum absolute atomic E-state index is 0. The largest absolute Gasteiger partial charge is 0.489 e. The van der Waals surface area contributed by atoms with Crippen molar-refractivity contribution in [2.24, 2.45) is 4.99 Å². The number of ether oxygens (including phenoxy) is 2. The van der Waals surface area contributed by atoms with Crippen LogP contribution < -0.4 is 15.4 Å². The zero-order valence-electron chi connectivity index (χ0n) is 15.7. The molecule has 0 radical (unpaired) electrons. The number of aliphatic imine (C=N–C) groups is 1. The van der Waals surface area contributed by atoms with Gasteiger partial charge in [0.25, 0.3) is 0 Å². The monoisotopic (exact) mass is 476 g/mol. The fraction of sp³-hybridized carbons (Fsp3) is 0.444. The number of nitrogens with zero attached hydrogens (tertiary/aromatic N) is 2. The summed E-state index contributed by atoms with van der Waals surface area (Å²) in [4.78, 5) is 17.8. The van der Waals surface area contributed by atoms with Gasteiger partial charge in [0, 0.05) is 33.3 Å². The summed E-state index contributed by atoms with van der Waals surface area (Å²) >= 11 is 0. The van der Waals surface area contributed by atoms with E-state index >= 15 is 0 Å². The molecule has 0 heterocycles. The second kappa shape index (κ2) is 14.4. The lowest BCUT2D eigenvalue weighted by atomic mass is 10.2. The molecule has 0 saturated heterocycles. The van der Waals surface area contributed by atoms with E-state index in [1.165, 1.54) is 4.90 Å². The molecule has 0 spiro atoms. The van der Waals surface area contributed by atoms with E-state index in [1.807, 2.05) is 24.3 Å². The van der Waals surface area contributed by atoms with Crippen molar-refractivity contribution in [1.82, 2.24) is 15.5 Å². The van der Waals surface area contributed by atoms with E-state index in [9.17, 15) is 4.79 Å². The highest BCUT2D eigenvalue weighted by Crippen LogP contribution is 2.18. The molecule has 0 aliphatic rings. The molecule has 7 nitrogen and oxygen atoms in total. The Morgan fingerprint density at radius 3 is 2.69 bits per heavy atom. The molecule has 0 aliphatic carbocycles. The van der Waals surface area contributed by atoms with Crippen molar-refractivity contribution in [3.05, 3.63) is 42.5 Å². The van der Waals surface area contributed by atoms with Crippen LogP contribution in [0.3, 0.4) is 0 Å². The quantitative estimate of drug-likeness (QED) is 0.177. The Balaban J connectivity index is 0.00000625. The second-order valence-electron chi connectivity index (χ2n) is 5.43. The summed E-state index contributed by atoms with van der Waals surface area (Å²) in [5, 5.41) is 6.16. The van der Waals surface area contributed by atoms with E-state index in [-0.39, 0.29) is 36.4 Å². The topological polar surface area (TPSA) is 75.2 Å². The third kappa shape index (κ3) is 9.62. The van der Waals surface area contributed by atoms with Gasteiger partial charge in [-0.2, -0.15) is 0 Å². The van der Waals surface area contributed by atoms with Gasteiger partial charge in [-0.3, -0.25) is 4.79 Å². The highest BCUT2D eigenvalue weighted by atomic mass is 127. The van der Waals surface area contributed by atoms with Gasteiger partial charge in [0.05, 0.1) is 19.7 Å². The highest BCUT2D eigenvalue weighted by Gasteiger charge is 2.07. The second-order valence-corrected chi connectivity index (χ2v) is 5.43.